The van der Waals surface area contributed by atoms with Gasteiger partial charge in [-0.25, -0.2) is 4.79 Å². The van der Waals surface area contributed by atoms with E-state index in [2.05, 4.69) is 4.74 Å². The molecular formula is C5H4ClF3O2. The Balaban J connectivity index is 4.34. The first-order chi connectivity index (χ1) is 4.87. The minimum absolute atomic E-state index is 0.333. The molecule has 0 saturated carbocycles. The standard InChI is InChI=1S/C5H4ClF3O2/c1-11-4(10)3(6)2-5(7,8)9/h2H,1H3. The molecule has 6 heteroatoms. The number of allylic oxidation sites excluding steroid dienone is 1. The molecule has 0 spiro atoms. The summed E-state index contributed by atoms with van der Waals surface area (Å²) in [4.78, 5) is 10.3. The Morgan fingerprint density at radius 3 is 2.27 bits per heavy atom. The van der Waals surface area contributed by atoms with Gasteiger partial charge in [0.25, 0.3) is 0 Å². The SMILES string of the molecule is COC(=O)C(Cl)=CC(F)(F)F. The Bertz CT molecular complexity index is 185. The zero-order chi connectivity index (χ0) is 9.07. The summed E-state index contributed by atoms with van der Waals surface area (Å²) in [7, 11) is 0.939. The van der Waals surface area contributed by atoms with Crippen LogP contribution in [0.4, 0.5) is 13.2 Å². The van der Waals surface area contributed by atoms with Crippen molar-refractivity contribution < 1.29 is 22.7 Å². The molecule has 0 atom stereocenters. The van der Waals surface area contributed by atoms with E-state index in [9.17, 15) is 18.0 Å². The van der Waals surface area contributed by atoms with Gasteiger partial charge in [-0.05, 0) is 0 Å². The van der Waals surface area contributed by atoms with Gasteiger partial charge < -0.3 is 4.74 Å². The summed E-state index contributed by atoms with van der Waals surface area (Å²) < 4.78 is 38.2. The molecule has 0 aromatic rings. The van der Waals surface area contributed by atoms with E-state index >= 15 is 0 Å². The van der Waals surface area contributed by atoms with Crippen LogP contribution < -0.4 is 0 Å². The lowest BCUT2D eigenvalue weighted by Crippen LogP contribution is -2.07. The molecule has 0 fully saturated rings. The van der Waals surface area contributed by atoms with Crippen molar-refractivity contribution in [3.8, 4) is 0 Å². The monoisotopic (exact) mass is 188 g/mol. The van der Waals surface area contributed by atoms with Crippen molar-refractivity contribution in [1.29, 1.82) is 0 Å². The summed E-state index contributed by atoms with van der Waals surface area (Å²) in [5.74, 6) is -1.20. The van der Waals surface area contributed by atoms with Crippen LogP contribution in [0.2, 0.25) is 0 Å². The minimum Gasteiger partial charge on any atom is -0.465 e. The zero-order valence-electron chi connectivity index (χ0n) is 5.41. The van der Waals surface area contributed by atoms with Crippen LogP contribution in [-0.4, -0.2) is 19.3 Å². The molecule has 0 unspecified atom stereocenters. The molecule has 0 N–H and O–H groups in total. The van der Waals surface area contributed by atoms with Gasteiger partial charge in [0.2, 0.25) is 0 Å². The Morgan fingerprint density at radius 2 is 2.00 bits per heavy atom. The van der Waals surface area contributed by atoms with Crippen molar-refractivity contribution in [3.05, 3.63) is 11.1 Å². The predicted molar refractivity (Wildman–Crippen MR) is 32.0 cm³/mol. The van der Waals surface area contributed by atoms with Gasteiger partial charge in [-0.15, -0.1) is 0 Å². The van der Waals surface area contributed by atoms with Crippen LogP contribution in [0.1, 0.15) is 0 Å². The third kappa shape index (κ3) is 4.66. The van der Waals surface area contributed by atoms with Crippen molar-refractivity contribution in [2.24, 2.45) is 0 Å². The summed E-state index contributed by atoms with van der Waals surface area (Å²) in [6, 6.07) is 0. The van der Waals surface area contributed by atoms with E-state index in [1.165, 1.54) is 0 Å². The number of ether oxygens (including phenoxy) is 1. The summed E-state index contributed by atoms with van der Waals surface area (Å²) in [6.07, 6.45) is -4.92. The normalized spacial score (nSPS) is 13.0. The second kappa shape index (κ2) is 3.61. The van der Waals surface area contributed by atoms with Crippen LogP contribution in [0.25, 0.3) is 0 Å². The van der Waals surface area contributed by atoms with Crippen LogP contribution in [0.5, 0.6) is 0 Å². The first-order valence-corrected chi connectivity index (χ1v) is 2.78. The molecular weight excluding hydrogens is 184 g/mol. The summed E-state index contributed by atoms with van der Waals surface area (Å²) in [5.41, 5.74) is 0. The number of carbonyl (C=O) groups excluding carboxylic acids is 1. The highest BCUT2D eigenvalue weighted by atomic mass is 35.5. The molecule has 2 nitrogen and oxygen atoms in total. The average molecular weight is 189 g/mol. The molecule has 0 amide bonds. The molecule has 0 aliphatic carbocycles. The van der Waals surface area contributed by atoms with E-state index in [1.807, 2.05) is 0 Å². The van der Waals surface area contributed by atoms with Crippen LogP contribution in [0.3, 0.4) is 0 Å². The topological polar surface area (TPSA) is 26.3 Å². The Kier molecular flexibility index (Phi) is 3.38. The molecule has 0 heterocycles. The van der Waals surface area contributed by atoms with E-state index in [0.29, 0.717) is 0 Å². The fraction of sp³-hybridized carbons (Fsp3) is 0.400. The number of carbonyl (C=O) groups is 1. The lowest BCUT2D eigenvalue weighted by molar-refractivity contribution is -0.136. The van der Waals surface area contributed by atoms with Gasteiger partial charge in [0.05, 0.1) is 7.11 Å². The van der Waals surface area contributed by atoms with Gasteiger partial charge in [-0.2, -0.15) is 13.2 Å². The molecule has 0 aromatic heterocycles. The second-order valence-electron chi connectivity index (χ2n) is 1.53. The molecule has 0 bridgehead atoms. The lowest BCUT2D eigenvalue weighted by atomic mass is 10.5. The van der Waals surface area contributed by atoms with Crippen molar-refractivity contribution in [3.63, 3.8) is 0 Å². The number of hydrogen-bond donors (Lipinski definition) is 0. The average Bonchev–Trinajstić information content (AvgIpc) is 1.82. The fourth-order valence-corrected chi connectivity index (χ4v) is 0.501. The number of methoxy groups -OCH3 is 1. The molecule has 0 saturated heterocycles. The van der Waals surface area contributed by atoms with Crippen LogP contribution >= 0.6 is 11.6 Å². The highest BCUT2D eigenvalue weighted by Gasteiger charge is 2.26. The van der Waals surface area contributed by atoms with Gasteiger partial charge in [0, 0.05) is 6.08 Å². The molecule has 0 rings (SSSR count). The Labute approximate surface area is 65.6 Å². The Hall–Kier alpha value is -0.710. The third-order valence-corrected chi connectivity index (χ3v) is 0.934. The van der Waals surface area contributed by atoms with Gasteiger partial charge in [0.1, 0.15) is 5.03 Å². The molecule has 0 aliphatic heterocycles. The number of halogens is 4. The molecule has 0 radical (unpaired) electrons. The summed E-state index contributed by atoms with van der Waals surface area (Å²) in [5, 5.41) is -0.986. The quantitative estimate of drug-likeness (QED) is 0.464. The molecule has 11 heavy (non-hydrogen) atoms. The number of esters is 1. The highest BCUT2D eigenvalue weighted by molar-refractivity contribution is 6.41. The maximum absolute atomic E-state index is 11.4. The number of hydrogen-bond acceptors (Lipinski definition) is 2. The van der Waals surface area contributed by atoms with Crippen LogP contribution in [0.15, 0.2) is 11.1 Å². The predicted octanol–water partition coefficient (Wildman–Crippen LogP) is 1.84. The largest absolute Gasteiger partial charge is 0.465 e. The van der Waals surface area contributed by atoms with Crippen molar-refractivity contribution >= 4 is 17.6 Å². The molecule has 64 valence electrons. The van der Waals surface area contributed by atoms with E-state index in [1.54, 1.807) is 0 Å². The van der Waals surface area contributed by atoms with Crippen LogP contribution in [-0.2, 0) is 9.53 Å². The smallest absolute Gasteiger partial charge is 0.411 e. The highest BCUT2D eigenvalue weighted by Crippen LogP contribution is 2.20. The van der Waals surface area contributed by atoms with Crippen molar-refractivity contribution in [2.45, 2.75) is 6.18 Å². The summed E-state index contributed by atoms with van der Waals surface area (Å²) in [6.45, 7) is 0. The lowest BCUT2D eigenvalue weighted by Gasteiger charge is -1.99. The first-order valence-electron chi connectivity index (χ1n) is 2.40. The fourth-order valence-electron chi connectivity index (χ4n) is 0.300. The molecule has 0 aliphatic rings. The molecule has 0 aromatic carbocycles. The van der Waals surface area contributed by atoms with Gasteiger partial charge in [0.15, 0.2) is 0 Å². The summed E-state index contributed by atoms with van der Waals surface area (Å²) >= 11 is 4.88. The van der Waals surface area contributed by atoms with E-state index < -0.39 is 17.2 Å². The first kappa shape index (κ1) is 10.3. The second-order valence-corrected chi connectivity index (χ2v) is 1.93. The van der Waals surface area contributed by atoms with E-state index in [-0.39, 0.29) is 6.08 Å². The number of alkyl halides is 3. The van der Waals surface area contributed by atoms with Gasteiger partial charge in [-0.1, -0.05) is 11.6 Å². The number of rotatable bonds is 1. The van der Waals surface area contributed by atoms with Gasteiger partial charge >= 0.3 is 12.1 Å². The van der Waals surface area contributed by atoms with Crippen molar-refractivity contribution in [2.75, 3.05) is 7.11 Å². The van der Waals surface area contributed by atoms with Crippen LogP contribution in [0, 0.1) is 0 Å². The third-order valence-electron chi connectivity index (χ3n) is 0.671. The maximum Gasteiger partial charge on any atom is 0.411 e. The van der Waals surface area contributed by atoms with Gasteiger partial charge in [-0.3, -0.25) is 0 Å². The van der Waals surface area contributed by atoms with Crippen molar-refractivity contribution in [1.82, 2.24) is 0 Å². The van der Waals surface area contributed by atoms with E-state index in [0.717, 1.165) is 7.11 Å². The van der Waals surface area contributed by atoms with E-state index in [4.69, 9.17) is 11.6 Å². The minimum atomic E-state index is -4.59. The Morgan fingerprint density at radius 1 is 1.55 bits per heavy atom. The maximum atomic E-state index is 11.4. The zero-order valence-corrected chi connectivity index (χ0v) is 6.16.